The largest absolute Gasteiger partial charge is 0.460 e. The molecular formula is C8H9F7O3. The fraction of sp³-hybridized carbons (Fsp3) is 0.875. The van der Waals surface area contributed by atoms with Crippen molar-refractivity contribution in [3.05, 3.63) is 0 Å². The third-order valence-corrected chi connectivity index (χ3v) is 1.67. The maximum Gasteiger partial charge on any atom is 0.460 e. The average molecular weight is 286 g/mol. The van der Waals surface area contributed by atoms with Crippen LogP contribution in [-0.4, -0.2) is 43.8 Å². The van der Waals surface area contributed by atoms with E-state index in [2.05, 4.69) is 9.47 Å². The first kappa shape index (κ1) is 16.9. The lowest BCUT2D eigenvalue weighted by Crippen LogP contribution is -2.56. The Morgan fingerprint density at radius 3 is 1.89 bits per heavy atom. The first-order valence-corrected chi connectivity index (χ1v) is 4.55. The Morgan fingerprint density at radius 2 is 1.50 bits per heavy atom. The predicted molar refractivity (Wildman–Crippen MR) is 43.4 cm³/mol. The van der Waals surface area contributed by atoms with Crippen molar-refractivity contribution in [2.75, 3.05) is 19.8 Å². The van der Waals surface area contributed by atoms with Gasteiger partial charge in [-0.2, -0.15) is 30.7 Å². The highest BCUT2D eigenvalue weighted by molar-refractivity contribution is 5.79. The van der Waals surface area contributed by atoms with Gasteiger partial charge in [-0.25, -0.2) is 4.79 Å². The predicted octanol–water partition coefficient (Wildman–Crippen LogP) is 2.40. The van der Waals surface area contributed by atoms with Gasteiger partial charge in [-0.15, -0.1) is 0 Å². The summed E-state index contributed by atoms with van der Waals surface area (Å²) in [6, 6.07) is 0. The van der Waals surface area contributed by atoms with Gasteiger partial charge >= 0.3 is 24.0 Å². The van der Waals surface area contributed by atoms with Gasteiger partial charge in [0, 0.05) is 6.61 Å². The van der Waals surface area contributed by atoms with Crippen LogP contribution in [0.3, 0.4) is 0 Å². The second kappa shape index (κ2) is 5.72. The summed E-state index contributed by atoms with van der Waals surface area (Å²) in [7, 11) is 0. The van der Waals surface area contributed by atoms with Gasteiger partial charge in [0.05, 0.1) is 6.61 Å². The van der Waals surface area contributed by atoms with Crippen molar-refractivity contribution in [1.29, 1.82) is 0 Å². The highest BCUT2D eigenvalue weighted by Gasteiger charge is 2.77. The SMILES string of the molecule is CCOCCOC(=O)C(F)(F)C(F)(F)C(F)(F)F. The molecule has 0 aromatic rings. The van der Waals surface area contributed by atoms with E-state index >= 15 is 0 Å². The molecule has 0 aliphatic heterocycles. The molecule has 0 spiro atoms. The van der Waals surface area contributed by atoms with Gasteiger partial charge in [-0.3, -0.25) is 0 Å². The van der Waals surface area contributed by atoms with E-state index < -0.39 is 37.2 Å². The number of alkyl halides is 7. The lowest BCUT2D eigenvalue weighted by Gasteiger charge is -2.26. The maximum absolute atomic E-state index is 12.6. The van der Waals surface area contributed by atoms with Crippen LogP contribution in [0.5, 0.6) is 0 Å². The summed E-state index contributed by atoms with van der Waals surface area (Å²) in [4.78, 5) is 10.5. The van der Waals surface area contributed by atoms with Gasteiger partial charge in [-0.05, 0) is 6.92 Å². The zero-order valence-electron chi connectivity index (χ0n) is 8.99. The molecule has 0 aliphatic carbocycles. The van der Waals surface area contributed by atoms with Crippen LogP contribution in [0.4, 0.5) is 30.7 Å². The molecule has 3 nitrogen and oxygen atoms in total. The Bertz CT molecular complexity index is 287. The smallest absolute Gasteiger partial charge is 0.459 e. The summed E-state index contributed by atoms with van der Waals surface area (Å²) in [5, 5.41) is 0. The summed E-state index contributed by atoms with van der Waals surface area (Å²) in [6.07, 6.45) is -6.56. The molecule has 0 fully saturated rings. The van der Waals surface area contributed by atoms with E-state index in [1.54, 1.807) is 0 Å². The van der Waals surface area contributed by atoms with Gasteiger partial charge in [0.2, 0.25) is 0 Å². The number of rotatable bonds is 6. The fourth-order valence-electron chi connectivity index (χ4n) is 0.734. The van der Waals surface area contributed by atoms with Crippen LogP contribution in [0.25, 0.3) is 0 Å². The van der Waals surface area contributed by atoms with Crippen LogP contribution in [-0.2, 0) is 14.3 Å². The van der Waals surface area contributed by atoms with Crippen molar-refractivity contribution < 1.29 is 45.0 Å². The van der Waals surface area contributed by atoms with Crippen molar-refractivity contribution >= 4 is 5.97 Å². The number of hydrogen-bond acceptors (Lipinski definition) is 3. The number of halogens is 7. The molecule has 0 amide bonds. The van der Waals surface area contributed by atoms with Crippen LogP contribution in [0.2, 0.25) is 0 Å². The van der Waals surface area contributed by atoms with E-state index in [1.807, 2.05) is 0 Å². The number of carbonyl (C=O) groups excluding carboxylic acids is 1. The van der Waals surface area contributed by atoms with Crippen LogP contribution in [0.15, 0.2) is 0 Å². The first-order valence-electron chi connectivity index (χ1n) is 4.55. The molecule has 0 saturated heterocycles. The molecular weight excluding hydrogens is 277 g/mol. The van der Waals surface area contributed by atoms with E-state index in [1.165, 1.54) is 6.92 Å². The van der Waals surface area contributed by atoms with Gasteiger partial charge in [0.25, 0.3) is 0 Å². The Kier molecular flexibility index (Phi) is 5.38. The van der Waals surface area contributed by atoms with Crippen molar-refractivity contribution in [1.82, 2.24) is 0 Å². The third-order valence-electron chi connectivity index (χ3n) is 1.67. The van der Waals surface area contributed by atoms with Crippen LogP contribution < -0.4 is 0 Å². The molecule has 108 valence electrons. The second-order valence-corrected chi connectivity index (χ2v) is 2.98. The highest BCUT2D eigenvalue weighted by atomic mass is 19.4. The van der Waals surface area contributed by atoms with Crippen molar-refractivity contribution in [3.63, 3.8) is 0 Å². The molecule has 0 heterocycles. The van der Waals surface area contributed by atoms with Crippen molar-refractivity contribution in [2.24, 2.45) is 0 Å². The molecule has 0 radical (unpaired) electrons. The van der Waals surface area contributed by atoms with Crippen LogP contribution in [0.1, 0.15) is 6.92 Å². The molecule has 18 heavy (non-hydrogen) atoms. The zero-order chi connectivity index (χ0) is 14.6. The number of carbonyl (C=O) groups is 1. The van der Waals surface area contributed by atoms with Crippen molar-refractivity contribution in [2.45, 2.75) is 24.9 Å². The molecule has 0 bridgehead atoms. The highest BCUT2D eigenvalue weighted by Crippen LogP contribution is 2.46. The monoisotopic (exact) mass is 286 g/mol. The molecule has 0 rings (SSSR count). The van der Waals surface area contributed by atoms with Gasteiger partial charge in [0.15, 0.2) is 0 Å². The van der Waals surface area contributed by atoms with Crippen LogP contribution in [0, 0.1) is 0 Å². The van der Waals surface area contributed by atoms with E-state index in [0.717, 1.165) is 0 Å². The van der Waals surface area contributed by atoms with E-state index in [0.29, 0.717) is 0 Å². The Balaban J connectivity index is 4.67. The standard InChI is InChI=1S/C8H9F7O3/c1-2-17-3-4-18-5(16)6(9,10)7(11,12)8(13,14)15/h2-4H2,1H3. The Morgan fingerprint density at radius 1 is 1.00 bits per heavy atom. The summed E-state index contributed by atoms with van der Waals surface area (Å²) in [5.41, 5.74) is 0. The number of esters is 1. The first-order chi connectivity index (χ1) is 7.98. The third kappa shape index (κ3) is 3.47. The molecule has 0 N–H and O–H groups in total. The van der Waals surface area contributed by atoms with Gasteiger partial charge < -0.3 is 9.47 Å². The minimum atomic E-state index is -6.56. The minimum Gasteiger partial charge on any atom is -0.459 e. The Labute approximate surface area is 96.8 Å². The maximum atomic E-state index is 12.6. The van der Waals surface area contributed by atoms with Gasteiger partial charge in [0.1, 0.15) is 6.61 Å². The summed E-state index contributed by atoms with van der Waals surface area (Å²) >= 11 is 0. The fourth-order valence-corrected chi connectivity index (χ4v) is 0.734. The molecule has 0 aromatic heterocycles. The summed E-state index contributed by atoms with van der Waals surface area (Å²) in [5.74, 6) is -15.4. The zero-order valence-corrected chi connectivity index (χ0v) is 8.99. The van der Waals surface area contributed by atoms with E-state index in [4.69, 9.17) is 0 Å². The number of ether oxygens (including phenoxy) is 2. The average Bonchev–Trinajstić information content (AvgIpc) is 2.22. The quantitative estimate of drug-likeness (QED) is 0.427. The number of hydrogen-bond donors (Lipinski definition) is 0. The lowest BCUT2D eigenvalue weighted by molar-refractivity contribution is -0.348. The molecule has 0 aromatic carbocycles. The molecule has 0 unspecified atom stereocenters. The molecule has 10 heteroatoms. The Hall–Kier alpha value is -1.06. The molecule has 0 atom stereocenters. The normalized spacial score (nSPS) is 13.6. The summed E-state index contributed by atoms with van der Waals surface area (Å²) < 4.78 is 93.0. The second-order valence-electron chi connectivity index (χ2n) is 2.98. The lowest BCUT2D eigenvalue weighted by atomic mass is 10.1. The van der Waals surface area contributed by atoms with Gasteiger partial charge in [-0.1, -0.05) is 0 Å². The van der Waals surface area contributed by atoms with E-state index in [-0.39, 0.29) is 6.61 Å². The van der Waals surface area contributed by atoms with Crippen molar-refractivity contribution in [3.8, 4) is 0 Å². The van der Waals surface area contributed by atoms with Crippen LogP contribution >= 0.6 is 0 Å². The van der Waals surface area contributed by atoms with E-state index in [9.17, 15) is 35.5 Å². The topological polar surface area (TPSA) is 35.5 Å². The minimum absolute atomic E-state index is 0.132. The summed E-state index contributed by atoms with van der Waals surface area (Å²) in [6.45, 7) is 0.396. The molecule has 0 aliphatic rings. The molecule has 0 saturated carbocycles.